The van der Waals surface area contributed by atoms with E-state index in [-0.39, 0.29) is 5.88 Å². The van der Waals surface area contributed by atoms with Crippen molar-refractivity contribution in [2.24, 2.45) is 0 Å². The molecule has 0 radical (unpaired) electrons. The van der Waals surface area contributed by atoms with E-state index in [1.54, 1.807) is 6.92 Å². The van der Waals surface area contributed by atoms with Crippen molar-refractivity contribution in [3.63, 3.8) is 0 Å². The van der Waals surface area contributed by atoms with E-state index in [1.807, 2.05) is 6.92 Å². The molecule has 0 aliphatic rings. The van der Waals surface area contributed by atoms with Gasteiger partial charge in [-0.1, -0.05) is 26.7 Å². The van der Waals surface area contributed by atoms with Crippen LogP contribution in [0.3, 0.4) is 0 Å². The quantitative estimate of drug-likeness (QED) is 0.661. The average molecular weight is 236 g/mol. The predicted octanol–water partition coefficient (Wildman–Crippen LogP) is 1.77. The topological polar surface area (TPSA) is 66.4 Å². The van der Waals surface area contributed by atoms with E-state index in [0.717, 1.165) is 12.8 Å². The standard InChI is InChI=1S/C10H18ClNO3/c1-3-5-6-10(4-2,9(14)15)12-8(13)7-11/h3-7H2,1-2H3,(H,12,13)(H,14,15)/t10-/m0/s1. The van der Waals surface area contributed by atoms with Crippen LogP contribution < -0.4 is 5.32 Å². The fraction of sp³-hybridized carbons (Fsp3) is 0.800. The zero-order chi connectivity index (χ0) is 11.9. The summed E-state index contributed by atoms with van der Waals surface area (Å²) in [5.74, 6) is -1.63. The molecule has 0 aromatic rings. The van der Waals surface area contributed by atoms with Gasteiger partial charge in [0.05, 0.1) is 0 Å². The molecule has 0 saturated carbocycles. The van der Waals surface area contributed by atoms with E-state index in [4.69, 9.17) is 16.7 Å². The number of rotatable bonds is 7. The van der Waals surface area contributed by atoms with Crippen LogP contribution in [0.1, 0.15) is 39.5 Å². The third-order valence-electron chi connectivity index (χ3n) is 2.47. The Morgan fingerprint density at radius 3 is 2.33 bits per heavy atom. The lowest BCUT2D eigenvalue weighted by Crippen LogP contribution is -2.54. The van der Waals surface area contributed by atoms with Crippen LogP contribution in [-0.2, 0) is 9.59 Å². The number of carboxylic acids is 1. The second-order valence-electron chi connectivity index (χ2n) is 3.53. The Kier molecular flexibility index (Phi) is 6.32. The summed E-state index contributed by atoms with van der Waals surface area (Å²) in [4.78, 5) is 22.3. The third-order valence-corrected chi connectivity index (χ3v) is 2.71. The Labute approximate surface area is 95.0 Å². The van der Waals surface area contributed by atoms with Crippen molar-refractivity contribution < 1.29 is 14.7 Å². The van der Waals surface area contributed by atoms with E-state index in [2.05, 4.69) is 5.32 Å². The highest BCUT2D eigenvalue weighted by atomic mass is 35.5. The number of halogens is 1. The highest BCUT2D eigenvalue weighted by Gasteiger charge is 2.37. The Morgan fingerprint density at radius 2 is 2.00 bits per heavy atom. The summed E-state index contributed by atoms with van der Waals surface area (Å²) < 4.78 is 0. The predicted molar refractivity (Wildman–Crippen MR) is 59.0 cm³/mol. The van der Waals surface area contributed by atoms with Crippen molar-refractivity contribution in [1.29, 1.82) is 0 Å². The summed E-state index contributed by atoms with van der Waals surface area (Å²) >= 11 is 5.35. The molecule has 0 bridgehead atoms. The van der Waals surface area contributed by atoms with Crippen molar-refractivity contribution >= 4 is 23.5 Å². The molecule has 0 unspecified atom stereocenters. The molecule has 1 amide bonds. The van der Waals surface area contributed by atoms with Crippen molar-refractivity contribution in [2.45, 2.75) is 45.1 Å². The normalized spacial score (nSPS) is 14.3. The number of nitrogens with one attached hydrogen (secondary N) is 1. The van der Waals surface area contributed by atoms with Crippen molar-refractivity contribution in [3.8, 4) is 0 Å². The molecule has 1 atom stereocenters. The van der Waals surface area contributed by atoms with Gasteiger partial charge in [-0.25, -0.2) is 4.79 Å². The molecule has 0 saturated heterocycles. The molecule has 0 aromatic carbocycles. The first kappa shape index (κ1) is 14.2. The van der Waals surface area contributed by atoms with Crippen molar-refractivity contribution in [1.82, 2.24) is 5.32 Å². The van der Waals surface area contributed by atoms with E-state index in [9.17, 15) is 9.59 Å². The molecule has 2 N–H and O–H groups in total. The Morgan fingerprint density at radius 1 is 1.40 bits per heavy atom. The van der Waals surface area contributed by atoms with Gasteiger partial charge >= 0.3 is 5.97 Å². The lowest BCUT2D eigenvalue weighted by atomic mass is 9.89. The summed E-state index contributed by atoms with van der Waals surface area (Å²) in [6.45, 7) is 3.73. The number of hydrogen-bond acceptors (Lipinski definition) is 2. The van der Waals surface area contributed by atoms with E-state index in [1.165, 1.54) is 0 Å². The molecule has 0 aromatic heterocycles. The Bertz CT molecular complexity index is 233. The summed E-state index contributed by atoms with van der Waals surface area (Å²) in [6.07, 6.45) is 2.47. The minimum Gasteiger partial charge on any atom is -0.480 e. The molecule has 15 heavy (non-hydrogen) atoms. The molecule has 4 nitrogen and oxygen atoms in total. The summed E-state index contributed by atoms with van der Waals surface area (Å²) in [5, 5.41) is 11.6. The molecule has 0 aliphatic carbocycles. The van der Waals surface area contributed by atoms with Gasteiger partial charge in [0, 0.05) is 0 Å². The van der Waals surface area contributed by atoms with Crippen LogP contribution in [0.4, 0.5) is 0 Å². The van der Waals surface area contributed by atoms with Crippen LogP contribution in [0.5, 0.6) is 0 Å². The zero-order valence-corrected chi connectivity index (χ0v) is 9.93. The van der Waals surface area contributed by atoms with E-state index >= 15 is 0 Å². The van der Waals surface area contributed by atoms with E-state index in [0.29, 0.717) is 12.8 Å². The first-order valence-electron chi connectivity index (χ1n) is 5.12. The molecule has 0 fully saturated rings. The lowest BCUT2D eigenvalue weighted by Gasteiger charge is -2.29. The van der Waals surface area contributed by atoms with Gasteiger partial charge in [-0.2, -0.15) is 0 Å². The molecule has 88 valence electrons. The summed E-state index contributed by atoms with van der Waals surface area (Å²) in [6, 6.07) is 0. The third kappa shape index (κ3) is 4.08. The van der Waals surface area contributed by atoms with Crippen LogP contribution >= 0.6 is 11.6 Å². The van der Waals surface area contributed by atoms with Gasteiger partial charge in [-0.3, -0.25) is 4.79 Å². The fourth-order valence-corrected chi connectivity index (χ4v) is 1.48. The van der Waals surface area contributed by atoms with Gasteiger partial charge in [0.25, 0.3) is 0 Å². The largest absolute Gasteiger partial charge is 0.480 e. The number of carbonyl (C=O) groups is 2. The smallest absolute Gasteiger partial charge is 0.329 e. The van der Waals surface area contributed by atoms with Crippen LogP contribution in [0, 0.1) is 0 Å². The molecule has 0 rings (SSSR count). The van der Waals surface area contributed by atoms with Crippen LogP contribution in [0.25, 0.3) is 0 Å². The SMILES string of the molecule is CCCC[C@](CC)(NC(=O)CCl)C(=O)O. The number of amides is 1. The van der Waals surface area contributed by atoms with E-state index < -0.39 is 17.4 Å². The monoisotopic (exact) mass is 235 g/mol. The number of alkyl halides is 1. The number of hydrogen-bond donors (Lipinski definition) is 2. The minimum atomic E-state index is -1.15. The van der Waals surface area contributed by atoms with Gasteiger partial charge in [0.2, 0.25) is 5.91 Å². The first-order chi connectivity index (χ1) is 7.02. The second-order valence-corrected chi connectivity index (χ2v) is 3.79. The maximum Gasteiger partial charge on any atom is 0.329 e. The molecular weight excluding hydrogens is 218 g/mol. The molecular formula is C10H18ClNO3. The number of carboxylic acid groups (broad SMARTS) is 1. The Balaban J connectivity index is 4.64. The molecule has 5 heteroatoms. The number of aliphatic carboxylic acids is 1. The minimum absolute atomic E-state index is 0.207. The molecule has 0 aliphatic heterocycles. The first-order valence-corrected chi connectivity index (χ1v) is 5.66. The number of carbonyl (C=O) groups excluding carboxylic acids is 1. The second kappa shape index (κ2) is 6.67. The van der Waals surface area contributed by atoms with Gasteiger partial charge in [-0.15, -0.1) is 11.6 Å². The van der Waals surface area contributed by atoms with Crippen molar-refractivity contribution in [3.05, 3.63) is 0 Å². The summed E-state index contributed by atoms with van der Waals surface area (Å²) in [5.41, 5.74) is -1.15. The average Bonchev–Trinajstić information content (AvgIpc) is 2.23. The number of unbranched alkanes of at least 4 members (excludes halogenated alkanes) is 1. The highest BCUT2D eigenvalue weighted by molar-refractivity contribution is 6.27. The van der Waals surface area contributed by atoms with Crippen LogP contribution in [0.2, 0.25) is 0 Å². The van der Waals surface area contributed by atoms with Crippen LogP contribution in [0.15, 0.2) is 0 Å². The zero-order valence-electron chi connectivity index (χ0n) is 9.18. The maximum absolute atomic E-state index is 11.2. The van der Waals surface area contributed by atoms with Gasteiger partial charge in [-0.05, 0) is 12.8 Å². The lowest BCUT2D eigenvalue weighted by molar-refractivity contribution is -0.148. The fourth-order valence-electron chi connectivity index (χ4n) is 1.42. The van der Waals surface area contributed by atoms with Crippen LogP contribution in [-0.4, -0.2) is 28.4 Å². The Hall–Kier alpha value is -0.770. The summed E-state index contributed by atoms with van der Waals surface area (Å²) in [7, 11) is 0. The van der Waals surface area contributed by atoms with Crippen molar-refractivity contribution in [2.75, 3.05) is 5.88 Å². The van der Waals surface area contributed by atoms with Gasteiger partial charge in [0.15, 0.2) is 0 Å². The highest BCUT2D eigenvalue weighted by Crippen LogP contribution is 2.19. The van der Waals surface area contributed by atoms with Gasteiger partial charge < -0.3 is 10.4 Å². The van der Waals surface area contributed by atoms with Gasteiger partial charge in [0.1, 0.15) is 11.4 Å². The molecule has 0 spiro atoms. The maximum atomic E-state index is 11.2. The molecule has 0 heterocycles.